The maximum atomic E-state index is 12.3. The number of rotatable bonds is 4. The third kappa shape index (κ3) is 3.47. The molecule has 1 N–H and O–H groups in total. The molecule has 1 heterocycles. The molecule has 1 aliphatic rings. The Bertz CT molecular complexity index is 654. The van der Waals surface area contributed by atoms with Crippen LogP contribution in [0.25, 0.3) is 0 Å². The molecule has 1 atom stereocenters. The van der Waals surface area contributed by atoms with E-state index in [4.69, 9.17) is 9.47 Å². The van der Waals surface area contributed by atoms with Crippen molar-refractivity contribution in [1.29, 1.82) is 0 Å². The molecule has 0 spiro atoms. The van der Waals surface area contributed by atoms with Gasteiger partial charge in [0.1, 0.15) is 11.5 Å². The number of sulfone groups is 1. The van der Waals surface area contributed by atoms with Gasteiger partial charge in [-0.2, -0.15) is 0 Å². The number of methoxy groups -OCH3 is 2. The Hall–Kier alpha value is -1.76. The number of hydrogen-bond donors (Lipinski definition) is 1. The fraction of sp³-hybridized carbons (Fsp3) is 0.500. The normalized spacial score (nSPS) is 20.0. The fourth-order valence-corrected chi connectivity index (χ4v) is 4.07. The molecule has 0 saturated carbocycles. The summed E-state index contributed by atoms with van der Waals surface area (Å²) < 4.78 is 33.3. The van der Waals surface area contributed by atoms with Gasteiger partial charge in [-0.15, -0.1) is 0 Å². The van der Waals surface area contributed by atoms with E-state index in [2.05, 4.69) is 5.32 Å². The van der Waals surface area contributed by atoms with Gasteiger partial charge in [-0.05, 0) is 31.0 Å². The third-order valence-electron chi connectivity index (χ3n) is 3.53. The van der Waals surface area contributed by atoms with Crippen LogP contribution in [-0.4, -0.2) is 46.1 Å². The number of carbonyl (C=O) groups excluding carboxylic acids is 1. The molecule has 1 unspecified atom stereocenters. The van der Waals surface area contributed by atoms with E-state index in [9.17, 15) is 13.2 Å². The first-order chi connectivity index (χ1) is 9.86. The SMILES string of the molecule is COc1cc(C(=O)NC2CCS(=O)(=O)C2)c(OC)cc1C. The van der Waals surface area contributed by atoms with Crippen LogP contribution in [0.1, 0.15) is 22.3 Å². The van der Waals surface area contributed by atoms with Gasteiger partial charge in [0.05, 0.1) is 31.3 Å². The van der Waals surface area contributed by atoms with Gasteiger partial charge in [0, 0.05) is 6.04 Å². The summed E-state index contributed by atoms with van der Waals surface area (Å²) in [5, 5.41) is 2.74. The van der Waals surface area contributed by atoms with Crippen LogP contribution < -0.4 is 14.8 Å². The Labute approximate surface area is 124 Å². The zero-order valence-corrected chi connectivity index (χ0v) is 13.1. The van der Waals surface area contributed by atoms with Crippen LogP contribution in [0.5, 0.6) is 11.5 Å². The lowest BCUT2D eigenvalue weighted by Crippen LogP contribution is -2.35. The van der Waals surface area contributed by atoms with E-state index in [1.165, 1.54) is 14.2 Å². The molecule has 0 bridgehead atoms. The maximum Gasteiger partial charge on any atom is 0.255 e. The Morgan fingerprint density at radius 1 is 1.24 bits per heavy atom. The predicted molar refractivity (Wildman–Crippen MR) is 78.8 cm³/mol. The van der Waals surface area contributed by atoms with Crippen molar-refractivity contribution in [2.24, 2.45) is 0 Å². The lowest BCUT2D eigenvalue weighted by Gasteiger charge is -2.15. The second-order valence-corrected chi connectivity index (χ2v) is 7.32. The van der Waals surface area contributed by atoms with Gasteiger partial charge in [0.2, 0.25) is 0 Å². The lowest BCUT2D eigenvalue weighted by atomic mass is 10.1. The highest BCUT2D eigenvalue weighted by Crippen LogP contribution is 2.28. The average molecular weight is 313 g/mol. The number of nitrogens with one attached hydrogen (secondary N) is 1. The molecule has 21 heavy (non-hydrogen) atoms. The van der Waals surface area contributed by atoms with Crippen molar-refractivity contribution in [3.8, 4) is 11.5 Å². The second kappa shape index (κ2) is 5.93. The van der Waals surface area contributed by atoms with Crippen LogP contribution >= 0.6 is 0 Å². The smallest absolute Gasteiger partial charge is 0.255 e. The number of benzene rings is 1. The molecule has 1 aromatic rings. The van der Waals surface area contributed by atoms with Crippen LogP contribution in [0.4, 0.5) is 0 Å². The minimum Gasteiger partial charge on any atom is -0.496 e. The Kier molecular flexibility index (Phi) is 4.41. The van der Waals surface area contributed by atoms with Gasteiger partial charge >= 0.3 is 0 Å². The highest BCUT2D eigenvalue weighted by molar-refractivity contribution is 7.91. The quantitative estimate of drug-likeness (QED) is 0.894. The summed E-state index contributed by atoms with van der Waals surface area (Å²) in [5.74, 6) is 0.773. The van der Waals surface area contributed by atoms with Crippen LogP contribution in [0.2, 0.25) is 0 Å². The minimum atomic E-state index is -3.03. The Morgan fingerprint density at radius 2 is 1.90 bits per heavy atom. The van der Waals surface area contributed by atoms with Crippen LogP contribution in [0.3, 0.4) is 0 Å². The topological polar surface area (TPSA) is 81.7 Å². The number of hydrogen-bond acceptors (Lipinski definition) is 5. The number of amides is 1. The predicted octanol–water partition coefficient (Wildman–Crippen LogP) is 0.929. The maximum absolute atomic E-state index is 12.3. The zero-order chi connectivity index (χ0) is 15.6. The zero-order valence-electron chi connectivity index (χ0n) is 12.3. The molecular formula is C14H19NO5S. The van der Waals surface area contributed by atoms with E-state index >= 15 is 0 Å². The summed E-state index contributed by atoms with van der Waals surface area (Å²) in [6.45, 7) is 1.85. The molecule has 1 saturated heterocycles. The average Bonchev–Trinajstić information content (AvgIpc) is 2.77. The first kappa shape index (κ1) is 15.6. The molecule has 1 aliphatic heterocycles. The molecule has 1 amide bonds. The molecule has 116 valence electrons. The first-order valence-corrected chi connectivity index (χ1v) is 8.42. The monoisotopic (exact) mass is 313 g/mol. The van der Waals surface area contributed by atoms with E-state index in [0.717, 1.165) is 5.56 Å². The molecule has 1 aromatic carbocycles. The summed E-state index contributed by atoms with van der Waals surface area (Å²) in [4.78, 5) is 12.3. The van der Waals surface area contributed by atoms with Crippen molar-refractivity contribution < 1.29 is 22.7 Å². The van der Waals surface area contributed by atoms with Crippen molar-refractivity contribution >= 4 is 15.7 Å². The van der Waals surface area contributed by atoms with Gasteiger partial charge in [0.15, 0.2) is 9.84 Å². The molecule has 0 radical (unpaired) electrons. The minimum absolute atomic E-state index is 0.00987. The molecule has 2 rings (SSSR count). The van der Waals surface area contributed by atoms with Crippen LogP contribution in [0, 0.1) is 6.92 Å². The van der Waals surface area contributed by atoms with E-state index in [-0.39, 0.29) is 23.5 Å². The van der Waals surface area contributed by atoms with Crippen LogP contribution in [-0.2, 0) is 9.84 Å². The van der Waals surface area contributed by atoms with Crippen molar-refractivity contribution in [2.75, 3.05) is 25.7 Å². The van der Waals surface area contributed by atoms with Gasteiger partial charge < -0.3 is 14.8 Å². The molecular weight excluding hydrogens is 294 g/mol. The van der Waals surface area contributed by atoms with Crippen molar-refractivity contribution in [3.05, 3.63) is 23.3 Å². The van der Waals surface area contributed by atoms with Gasteiger partial charge in [-0.3, -0.25) is 4.79 Å². The summed E-state index contributed by atoms with van der Waals surface area (Å²) in [6, 6.07) is 2.98. The third-order valence-corrected chi connectivity index (χ3v) is 5.30. The number of carbonyl (C=O) groups is 1. The second-order valence-electron chi connectivity index (χ2n) is 5.10. The first-order valence-electron chi connectivity index (χ1n) is 6.60. The molecule has 1 fully saturated rings. The molecule has 0 aliphatic carbocycles. The van der Waals surface area contributed by atoms with Gasteiger partial charge in [-0.1, -0.05) is 0 Å². The van der Waals surface area contributed by atoms with Crippen molar-refractivity contribution in [2.45, 2.75) is 19.4 Å². The Morgan fingerprint density at radius 3 is 2.43 bits per heavy atom. The molecule has 0 aromatic heterocycles. The van der Waals surface area contributed by atoms with Crippen molar-refractivity contribution in [3.63, 3.8) is 0 Å². The van der Waals surface area contributed by atoms with E-state index < -0.39 is 9.84 Å². The van der Waals surface area contributed by atoms with E-state index in [1.54, 1.807) is 12.1 Å². The van der Waals surface area contributed by atoms with Gasteiger partial charge in [0.25, 0.3) is 5.91 Å². The summed E-state index contributed by atoms with van der Waals surface area (Å²) in [6.07, 6.45) is 0.444. The molecule has 7 heteroatoms. The summed E-state index contributed by atoms with van der Waals surface area (Å²) in [5.41, 5.74) is 1.19. The highest BCUT2D eigenvalue weighted by atomic mass is 32.2. The largest absolute Gasteiger partial charge is 0.496 e. The number of aryl methyl sites for hydroxylation is 1. The molecule has 6 nitrogen and oxygen atoms in total. The lowest BCUT2D eigenvalue weighted by molar-refractivity contribution is 0.0937. The van der Waals surface area contributed by atoms with E-state index in [1.807, 2.05) is 6.92 Å². The number of ether oxygens (including phenoxy) is 2. The van der Waals surface area contributed by atoms with Crippen LogP contribution in [0.15, 0.2) is 12.1 Å². The summed E-state index contributed by atoms with van der Waals surface area (Å²) >= 11 is 0. The highest BCUT2D eigenvalue weighted by Gasteiger charge is 2.29. The summed E-state index contributed by atoms with van der Waals surface area (Å²) in [7, 11) is -0.0172. The van der Waals surface area contributed by atoms with Gasteiger partial charge in [-0.25, -0.2) is 8.42 Å². The van der Waals surface area contributed by atoms with E-state index in [0.29, 0.717) is 23.5 Å². The Balaban J connectivity index is 2.22. The fourth-order valence-electron chi connectivity index (χ4n) is 2.40. The standard InChI is InChI=1S/C14H19NO5S/c1-9-6-13(20-3)11(7-12(9)19-2)14(16)15-10-4-5-21(17,18)8-10/h6-7,10H,4-5,8H2,1-3H3,(H,15,16). The van der Waals surface area contributed by atoms with Crippen molar-refractivity contribution in [1.82, 2.24) is 5.32 Å².